The second kappa shape index (κ2) is 9.38. The Morgan fingerprint density at radius 3 is 2.81 bits per heavy atom. The maximum Gasteiger partial charge on any atom is 0.258 e. The molecule has 1 aliphatic heterocycles. The summed E-state index contributed by atoms with van der Waals surface area (Å²) in [4.78, 5) is 16.8. The number of fused-ring (bicyclic) bond motifs is 1. The molecular weight excluding hydrogens is 336 g/mol. The fourth-order valence-electron chi connectivity index (χ4n) is 3.40. The molecule has 0 saturated heterocycles. The summed E-state index contributed by atoms with van der Waals surface area (Å²) in [5.74, 6) is 0.953. The minimum atomic E-state index is 0.0617. The van der Waals surface area contributed by atoms with Crippen LogP contribution in [-0.4, -0.2) is 44.1 Å². The first-order valence-electron chi connectivity index (χ1n) is 9.61. The summed E-state index contributed by atoms with van der Waals surface area (Å²) in [5.41, 5.74) is 2.91. The molecule has 0 radical (unpaired) electrons. The fraction of sp³-hybridized carbons (Fsp3) is 0.348. The number of carbonyl (C=O) groups is 1. The van der Waals surface area contributed by atoms with Gasteiger partial charge in [-0.2, -0.15) is 0 Å². The van der Waals surface area contributed by atoms with Gasteiger partial charge in [0.25, 0.3) is 5.91 Å². The van der Waals surface area contributed by atoms with Crippen molar-refractivity contribution >= 4 is 11.6 Å². The molecule has 0 fully saturated rings. The van der Waals surface area contributed by atoms with Gasteiger partial charge in [-0.15, -0.1) is 6.58 Å². The molecule has 0 bridgehead atoms. The van der Waals surface area contributed by atoms with E-state index >= 15 is 0 Å². The first kappa shape index (κ1) is 19.2. The Bertz CT molecular complexity index is 773. The summed E-state index contributed by atoms with van der Waals surface area (Å²) in [6.45, 7) is 7.17. The summed E-state index contributed by atoms with van der Waals surface area (Å²) < 4.78 is 5.91. The van der Waals surface area contributed by atoms with Crippen LogP contribution in [0.15, 0.2) is 61.2 Å². The van der Waals surface area contributed by atoms with E-state index in [0.717, 1.165) is 55.9 Å². The van der Waals surface area contributed by atoms with Crippen LogP contribution in [0.3, 0.4) is 0 Å². The van der Waals surface area contributed by atoms with Crippen LogP contribution < -0.4 is 9.64 Å². The van der Waals surface area contributed by atoms with Crippen LogP contribution in [0.2, 0.25) is 0 Å². The monoisotopic (exact) mass is 364 g/mol. The number of unbranched alkanes of at least 4 members (excludes halogenated alkanes) is 1. The third-order valence-corrected chi connectivity index (χ3v) is 4.86. The number of amides is 1. The highest BCUT2D eigenvalue weighted by atomic mass is 16.5. The number of anilines is 1. The van der Waals surface area contributed by atoms with Gasteiger partial charge in [-0.05, 0) is 68.8 Å². The van der Waals surface area contributed by atoms with Crippen molar-refractivity contribution in [3.05, 3.63) is 72.3 Å². The van der Waals surface area contributed by atoms with Gasteiger partial charge >= 0.3 is 0 Å². The van der Waals surface area contributed by atoms with Gasteiger partial charge in [0, 0.05) is 24.3 Å². The Kier molecular flexibility index (Phi) is 6.66. The van der Waals surface area contributed by atoms with Crippen molar-refractivity contribution in [2.45, 2.75) is 19.3 Å². The highest BCUT2D eigenvalue weighted by Gasteiger charge is 2.25. The van der Waals surface area contributed by atoms with E-state index in [0.29, 0.717) is 6.61 Å². The molecule has 3 rings (SSSR count). The molecule has 1 amide bonds. The number of benzene rings is 2. The Morgan fingerprint density at radius 2 is 2.04 bits per heavy atom. The van der Waals surface area contributed by atoms with Crippen LogP contribution in [0, 0.1) is 0 Å². The Labute approximate surface area is 162 Å². The van der Waals surface area contributed by atoms with Crippen LogP contribution >= 0.6 is 0 Å². The van der Waals surface area contributed by atoms with Gasteiger partial charge in [0.05, 0.1) is 6.61 Å². The molecule has 0 aliphatic carbocycles. The maximum absolute atomic E-state index is 12.7. The molecule has 4 heteroatoms. The molecule has 2 aromatic rings. The van der Waals surface area contributed by atoms with Crippen molar-refractivity contribution in [1.29, 1.82) is 0 Å². The lowest BCUT2D eigenvalue weighted by atomic mass is 10.1. The summed E-state index contributed by atoms with van der Waals surface area (Å²) in [5, 5.41) is 0. The van der Waals surface area contributed by atoms with E-state index in [1.54, 1.807) is 0 Å². The smallest absolute Gasteiger partial charge is 0.258 e. The molecule has 142 valence electrons. The number of nitrogens with zero attached hydrogens (tertiary/aromatic N) is 2. The average molecular weight is 364 g/mol. The zero-order valence-corrected chi connectivity index (χ0v) is 16.1. The van der Waals surface area contributed by atoms with E-state index in [-0.39, 0.29) is 5.91 Å². The third kappa shape index (κ3) is 4.98. The predicted molar refractivity (Wildman–Crippen MR) is 111 cm³/mol. The zero-order valence-electron chi connectivity index (χ0n) is 16.1. The molecule has 27 heavy (non-hydrogen) atoms. The summed E-state index contributed by atoms with van der Waals surface area (Å²) in [6, 6.07) is 15.5. The Morgan fingerprint density at radius 1 is 1.22 bits per heavy atom. The standard InChI is InChI=1S/C23H28N2O2/c1-3-14-24(2)15-7-8-17-27-21-11-12-22-20(18-21)13-16-25(22)23(26)19-9-5-4-6-10-19/h3-6,9-12,18H,1,7-8,13-17H2,2H3. The van der Waals surface area contributed by atoms with E-state index in [1.807, 2.05) is 53.4 Å². The summed E-state index contributed by atoms with van der Waals surface area (Å²) >= 11 is 0. The summed E-state index contributed by atoms with van der Waals surface area (Å²) in [7, 11) is 2.10. The molecule has 0 aromatic heterocycles. The second-order valence-electron chi connectivity index (χ2n) is 6.97. The third-order valence-electron chi connectivity index (χ3n) is 4.86. The zero-order chi connectivity index (χ0) is 19.1. The highest BCUT2D eigenvalue weighted by molar-refractivity contribution is 6.07. The van der Waals surface area contributed by atoms with Crippen LogP contribution in [0.5, 0.6) is 5.75 Å². The van der Waals surface area contributed by atoms with Gasteiger partial charge in [-0.3, -0.25) is 4.79 Å². The van der Waals surface area contributed by atoms with Crippen molar-refractivity contribution in [3.8, 4) is 5.75 Å². The van der Waals surface area contributed by atoms with Gasteiger partial charge < -0.3 is 14.5 Å². The second-order valence-corrected chi connectivity index (χ2v) is 6.97. The Balaban J connectivity index is 1.52. The van der Waals surface area contributed by atoms with E-state index in [4.69, 9.17) is 4.74 Å². The number of carbonyl (C=O) groups excluding carboxylic acids is 1. The topological polar surface area (TPSA) is 32.8 Å². The lowest BCUT2D eigenvalue weighted by molar-refractivity contribution is 0.0989. The van der Waals surface area contributed by atoms with Gasteiger partial charge in [0.2, 0.25) is 0 Å². The van der Waals surface area contributed by atoms with Gasteiger partial charge in [-0.25, -0.2) is 0 Å². The van der Waals surface area contributed by atoms with Crippen molar-refractivity contribution in [2.75, 3.05) is 38.2 Å². The molecule has 0 atom stereocenters. The lowest BCUT2D eigenvalue weighted by Gasteiger charge is -2.18. The molecule has 0 unspecified atom stereocenters. The van der Waals surface area contributed by atoms with Crippen LogP contribution in [-0.2, 0) is 6.42 Å². The van der Waals surface area contributed by atoms with Crippen molar-refractivity contribution in [2.24, 2.45) is 0 Å². The van der Waals surface area contributed by atoms with Crippen molar-refractivity contribution < 1.29 is 9.53 Å². The van der Waals surface area contributed by atoms with Crippen LogP contribution in [0.1, 0.15) is 28.8 Å². The SMILES string of the molecule is C=CCN(C)CCCCOc1ccc2c(c1)CCN2C(=O)c1ccccc1. The molecule has 1 heterocycles. The number of ether oxygens (including phenoxy) is 1. The molecule has 0 saturated carbocycles. The van der Waals surface area contributed by atoms with Crippen LogP contribution in [0.4, 0.5) is 5.69 Å². The van der Waals surface area contributed by atoms with E-state index in [1.165, 1.54) is 5.56 Å². The van der Waals surface area contributed by atoms with Gasteiger partial charge in [-0.1, -0.05) is 24.3 Å². The summed E-state index contributed by atoms with van der Waals surface area (Å²) in [6.07, 6.45) is 4.93. The van der Waals surface area contributed by atoms with Crippen LogP contribution in [0.25, 0.3) is 0 Å². The molecule has 2 aromatic carbocycles. The number of rotatable bonds is 9. The largest absolute Gasteiger partial charge is 0.494 e. The van der Waals surface area contributed by atoms with Gasteiger partial charge in [0.1, 0.15) is 5.75 Å². The number of likely N-dealkylation sites (N-methyl/N-ethyl adjacent to an activating group) is 1. The average Bonchev–Trinajstić information content (AvgIpc) is 3.11. The molecule has 0 spiro atoms. The number of hydrogen-bond donors (Lipinski definition) is 0. The van der Waals surface area contributed by atoms with Crippen molar-refractivity contribution in [1.82, 2.24) is 4.90 Å². The quantitative estimate of drug-likeness (QED) is 0.495. The number of hydrogen-bond acceptors (Lipinski definition) is 3. The molecule has 0 N–H and O–H groups in total. The first-order chi connectivity index (χ1) is 13.2. The van der Waals surface area contributed by atoms with Gasteiger partial charge in [0.15, 0.2) is 0 Å². The molecule has 4 nitrogen and oxygen atoms in total. The maximum atomic E-state index is 12.7. The van der Waals surface area contributed by atoms with E-state index in [2.05, 4.69) is 24.6 Å². The fourth-order valence-corrected chi connectivity index (χ4v) is 3.40. The molecular formula is C23H28N2O2. The Hall–Kier alpha value is -2.59. The minimum absolute atomic E-state index is 0.0617. The normalized spacial score (nSPS) is 12.9. The minimum Gasteiger partial charge on any atom is -0.494 e. The first-order valence-corrected chi connectivity index (χ1v) is 9.61. The van der Waals surface area contributed by atoms with E-state index < -0.39 is 0 Å². The lowest BCUT2D eigenvalue weighted by Crippen LogP contribution is -2.28. The molecule has 1 aliphatic rings. The predicted octanol–water partition coefficient (Wildman–Crippen LogP) is 4.17. The van der Waals surface area contributed by atoms with E-state index in [9.17, 15) is 4.79 Å². The van der Waals surface area contributed by atoms with Crippen molar-refractivity contribution in [3.63, 3.8) is 0 Å². The highest BCUT2D eigenvalue weighted by Crippen LogP contribution is 2.32.